The van der Waals surface area contributed by atoms with Crippen LogP contribution in [-0.4, -0.2) is 44.8 Å². The van der Waals surface area contributed by atoms with Gasteiger partial charge >= 0.3 is 6.09 Å². The molecule has 0 bridgehead atoms. The highest BCUT2D eigenvalue weighted by molar-refractivity contribution is 5.67. The number of allylic oxidation sites excluding steroid dienone is 8. The molecule has 0 aromatic rings. The van der Waals surface area contributed by atoms with Crippen LogP contribution in [0.4, 0.5) is 4.79 Å². The number of alkyl carbamates (subject to hydrolysis) is 1. The van der Waals surface area contributed by atoms with E-state index in [-0.39, 0.29) is 6.09 Å². The monoisotopic (exact) mass is 671 g/mol. The van der Waals surface area contributed by atoms with E-state index < -0.39 is 0 Å². The van der Waals surface area contributed by atoms with Crippen LogP contribution >= 0.6 is 0 Å². The van der Waals surface area contributed by atoms with Gasteiger partial charge in [0.25, 0.3) is 0 Å². The van der Waals surface area contributed by atoms with Crippen LogP contribution in [0, 0.1) is 5.92 Å². The number of amides is 1. The zero-order chi connectivity index (χ0) is 35.0. The third-order valence-corrected chi connectivity index (χ3v) is 9.13. The Morgan fingerprint density at radius 2 is 0.938 bits per heavy atom. The SMILES string of the molecule is CCCCC/C=C\C/C=C\CCCCCCCCC(CCCCCCCC/C=C\C/C=C\CCCCC)COC(=O)NCCCN(C)C. The highest BCUT2D eigenvalue weighted by Gasteiger charge is 2.12. The summed E-state index contributed by atoms with van der Waals surface area (Å²) in [5.74, 6) is 0.495. The van der Waals surface area contributed by atoms with E-state index >= 15 is 0 Å². The van der Waals surface area contributed by atoms with Crippen LogP contribution in [0.25, 0.3) is 0 Å². The second-order valence-corrected chi connectivity index (χ2v) is 14.3. The summed E-state index contributed by atoms with van der Waals surface area (Å²) in [6, 6.07) is 0. The maximum Gasteiger partial charge on any atom is 0.407 e. The summed E-state index contributed by atoms with van der Waals surface area (Å²) in [5, 5.41) is 2.94. The van der Waals surface area contributed by atoms with Crippen molar-refractivity contribution in [3.05, 3.63) is 48.6 Å². The van der Waals surface area contributed by atoms with Crippen molar-refractivity contribution in [3.63, 3.8) is 0 Å². The first-order valence-electron chi connectivity index (χ1n) is 20.7. The summed E-state index contributed by atoms with van der Waals surface area (Å²) in [4.78, 5) is 14.4. The lowest BCUT2D eigenvalue weighted by atomic mass is 9.94. The molecule has 4 heteroatoms. The molecule has 0 aliphatic heterocycles. The average molecular weight is 671 g/mol. The Morgan fingerprint density at radius 1 is 0.542 bits per heavy atom. The van der Waals surface area contributed by atoms with Crippen molar-refractivity contribution in [1.29, 1.82) is 0 Å². The first-order valence-corrected chi connectivity index (χ1v) is 20.7. The first kappa shape index (κ1) is 46.2. The third kappa shape index (κ3) is 38.6. The van der Waals surface area contributed by atoms with Gasteiger partial charge in [0, 0.05) is 6.54 Å². The van der Waals surface area contributed by atoms with Crippen LogP contribution < -0.4 is 5.32 Å². The van der Waals surface area contributed by atoms with Crippen LogP contribution in [0.2, 0.25) is 0 Å². The molecule has 0 unspecified atom stereocenters. The summed E-state index contributed by atoms with van der Waals surface area (Å²) in [5.41, 5.74) is 0. The van der Waals surface area contributed by atoms with E-state index in [0.717, 1.165) is 25.8 Å². The van der Waals surface area contributed by atoms with Gasteiger partial charge < -0.3 is 15.0 Å². The maximum absolute atomic E-state index is 12.3. The molecule has 0 aliphatic rings. The Labute approximate surface area is 300 Å². The molecule has 0 atom stereocenters. The molecule has 0 radical (unpaired) electrons. The van der Waals surface area contributed by atoms with Gasteiger partial charge in [-0.25, -0.2) is 4.79 Å². The zero-order valence-corrected chi connectivity index (χ0v) is 32.7. The van der Waals surface area contributed by atoms with Crippen molar-refractivity contribution >= 4 is 6.09 Å². The molecule has 0 aliphatic carbocycles. The van der Waals surface area contributed by atoms with Crippen LogP contribution in [0.15, 0.2) is 48.6 Å². The Bertz CT molecular complexity index is 722. The Balaban J connectivity index is 4.09. The normalized spacial score (nSPS) is 12.3. The number of nitrogens with zero attached hydrogens (tertiary/aromatic N) is 1. The molecule has 0 rings (SSSR count). The minimum Gasteiger partial charge on any atom is -0.449 e. The molecule has 0 saturated heterocycles. The Morgan fingerprint density at radius 3 is 1.35 bits per heavy atom. The fourth-order valence-electron chi connectivity index (χ4n) is 5.98. The van der Waals surface area contributed by atoms with Gasteiger partial charge in [-0.15, -0.1) is 0 Å². The van der Waals surface area contributed by atoms with Gasteiger partial charge in [0.05, 0.1) is 6.61 Å². The van der Waals surface area contributed by atoms with Gasteiger partial charge in [0.2, 0.25) is 0 Å². The van der Waals surface area contributed by atoms with Gasteiger partial charge in [-0.1, -0.05) is 152 Å². The van der Waals surface area contributed by atoms with Crippen molar-refractivity contribution in [2.24, 2.45) is 5.92 Å². The number of rotatable bonds is 36. The van der Waals surface area contributed by atoms with E-state index in [2.05, 4.69) is 86.8 Å². The number of hydrogen-bond acceptors (Lipinski definition) is 3. The van der Waals surface area contributed by atoms with Crippen molar-refractivity contribution in [2.45, 2.75) is 187 Å². The molecule has 1 N–H and O–H groups in total. The summed E-state index contributed by atoms with van der Waals surface area (Å²) in [6.07, 6.45) is 52.6. The van der Waals surface area contributed by atoms with E-state index in [1.807, 2.05) is 0 Å². The lowest BCUT2D eigenvalue weighted by molar-refractivity contribution is 0.120. The fourth-order valence-corrected chi connectivity index (χ4v) is 5.98. The zero-order valence-electron chi connectivity index (χ0n) is 32.7. The predicted octanol–water partition coefficient (Wildman–Crippen LogP) is 13.7. The van der Waals surface area contributed by atoms with Crippen molar-refractivity contribution < 1.29 is 9.53 Å². The Kier molecular flexibility index (Phi) is 38.1. The van der Waals surface area contributed by atoms with Crippen LogP contribution in [0.5, 0.6) is 0 Å². The molecule has 4 nitrogen and oxygen atoms in total. The largest absolute Gasteiger partial charge is 0.449 e. The topological polar surface area (TPSA) is 41.6 Å². The van der Waals surface area contributed by atoms with Gasteiger partial charge in [-0.05, 0) is 110 Å². The summed E-state index contributed by atoms with van der Waals surface area (Å²) in [6.45, 7) is 6.75. The average Bonchev–Trinajstić information content (AvgIpc) is 3.08. The molecule has 1 amide bonds. The van der Waals surface area contributed by atoms with Crippen molar-refractivity contribution in [2.75, 3.05) is 33.8 Å². The minimum absolute atomic E-state index is 0.243. The van der Waals surface area contributed by atoms with Gasteiger partial charge in [-0.3, -0.25) is 0 Å². The maximum atomic E-state index is 12.3. The summed E-state index contributed by atoms with van der Waals surface area (Å²) >= 11 is 0. The van der Waals surface area contributed by atoms with Crippen molar-refractivity contribution in [1.82, 2.24) is 10.2 Å². The van der Waals surface area contributed by atoms with E-state index in [4.69, 9.17) is 4.74 Å². The minimum atomic E-state index is -0.243. The fraction of sp³-hybridized carbons (Fsp3) is 0.795. The molecule has 0 aromatic carbocycles. The van der Waals surface area contributed by atoms with Crippen molar-refractivity contribution in [3.8, 4) is 0 Å². The summed E-state index contributed by atoms with van der Waals surface area (Å²) in [7, 11) is 4.12. The van der Waals surface area contributed by atoms with Gasteiger partial charge in [0.1, 0.15) is 0 Å². The molecule has 48 heavy (non-hydrogen) atoms. The first-order chi connectivity index (χ1) is 23.6. The van der Waals surface area contributed by atoms with Crippen LogP contribution in [-0.2, 0) is 4.74 Å². The second-order valence-electron chi connectivity index (χ2n) is 14.3. The van der Waals surface area contributed by atoms with Gasteiger partial charge in [0.15, 0.2) is 0 Å². The number of carbonyl (C=O) groups is 1. The smallest absolute Gasteiger partial charge is 0.407 e. The molecular weight excluding hydrogens is 588 g/mol. The standard InChI is InChI=1S/C44H82N2O2/c1-5-7-9-11-13-15-17-19-21-23-25-27-29-31-33-35-38-43(42-48-44(47)45-40-37-41-46(3)4)39-36-34-32-30-28-26-24-22-20-18-16-14-12-10-8-6-2/h13-16,19-22,43H,5-12,17-18,23-42H2,1-4H3,(H,45,47)/b15-13-,16-14-,21-19-,22-20-. The van der Waals surface area contributed by atoms with E-state index in [1.165, 1.54) is 154 Å². The van der Waals surface area contributed by atoms with Crippen LogP contribution in [0.3, 0.4) is 0 Å². The molecule has 0 spiro atoms. The number of ether oxygens (including phenoxy) is 1. The van der Waals surface area contributed by atoms with E-state index in [9.17, 15) is 4.79 Å². The molecule has 0 heterocycles. The summed E-state index contributed by atoms with van der Waals surface area (Å²) < 4.78 is 5.69. The van der Waals surface area contributed by atoms with Crippen LogP contribution in [0.1, 0.15) is 187 Å². The highest BCUT2D eigenvalue weighted by Crippen LogP contribution is 2.20. The number of nitrogens with one attached hydrogen (secondary N) is 1. The number of unbranched alkanes of at least 4 members (excludes halogenated alkanes) is 18. The third-order valence-electron chi connectivity index (χ3n) is 9.13. The lowest BCUT2D eigenvalue weighted by Crippen LogP contribution is -2.29. The molecule has 0 saturated carbocycles. The number of hydrogen-bond donors (Lipinski definition) is 1. The molecule has 280 valence electrons. The molecule has 0 fully saturated rings. The quantitative estimate of drug-likeness (QED) is 0.0533. The lowest BCUT2D eigenvalue weighted by Gasteiger charge is -2.17. The molecule has 0 aromatic heterocycles. The Hall–Kier alpha value is -1.81. The molecular formula is C44H82N2O2. The highest BCUT2D eigenvalue weighted by atomic mass is 16.5. The van der Waals surface area contributed by atoms with E-state index in [1.54, 1.807) is 0 Å². The van der Waals surface area contributed by atoms with Gasteiger partial charge in [-0.2, -0.15) is 0 Å². The second kappa shape index (κ2) is 39.6. The predicted molar refractivity (Wildman–Crippen MR) is 214 cm³/mol. The number of carbonyl (C=O) groups excluding carboxylic acids is 1. The van der Waals surface area contributed by atoms with E-state index in [0.29, 0.717) is 19.1 Å².